The maximum atomic E-state index is 12.7. The fraction of sp³-hybridized carbons (Fsp3) is 0.250. The van der Waals surface area contributed by atoms with E-state index in [1.807, 2.05) is 42.5 Å². The lowest BCUT2D eigenvalue weighted by Crippen LogP contribution is -2.46. The molecule has 0 saturated carbocycles. The fourth-order valence-electron chi connectivity index (χ4n) is 3.71. The average Bonchev–Trinajstić information content (AvgIpc) is 2.83. The second-order valence-corrected chi connectivity index (χ2v) is 7.24. The average molecular weight is 402 g/mol. The molecule has 2 aromatic carbocycles. The number of ether oxygens (including phenoxy) is 1. The van der Waals surface area contributed by atoms with Crippen LogP contribution in [0, 0.1) is 0 Å². The molecule has 6 heteroatoms. The smallest absolute Gasteiger partial charge is 0.270 e. The third kappa shape index (κ3) is 4.60. The third-order valence-corrected chi connectivity index (χ3v) is 5.30. The van der Waals surface area contributed by atoms with E-state index in [4.69, 9.17) is 4.74 Å². The first kappa shape index (κ1) is 19.9. The van der Waals surface area contributed by atoms with Gasteiger partial charge in [-0.25, -0.2) is 4.98 Å². The summed E-state index contributed by atoms with van der Waals surface area (Å²) in [6, 6.07) is 23.9. The lowest BCUT2D eigenvalue weighted by atomic mass is 10.0. The number of rotatable bonds is 6. The van der Waals surface area contributed by atoms with Crippen molar-refractivity contribution in [1.82, 2.24) is 15.6 Å². The van der Waals surface area contributed by atoms with Crippen molar-refractivity contribution in [3.05, 3.63) is 89.6 Å². The van der Waals surface area contributed by atoms with Crippen molar-refractivity contribution in [2.24, 2.45) is 0 Å². The zero-order valence-corrected chi connectivity index (χ0v) is 17.0. The number of pyridine rings is 1. The van der Waals surface area contributed by atoms with Crippen LogP contribution in [0.2, 0.25) is 0 Å². The largest absolute Gasteiger partial charge is 0.496 e. The Morgan fingerprint density at radius 2 is 1.90 bits per heavy atom. The Labute approximate surface area is 176 Å². The Hall–Kier alpha value is -3.38. The number of benzene rings is 2. The van der Waals surface area contributed by atoms with Crippen molar-refractivity contribution < 1.29 is 9.53 Å². The van der Waals surface area contributed by atoms with Gasteiger partial charge in [0.2, 0.25) is 0 Å². The number of hydrogen-bond donors (Lipinski definition) is 2. The number of nitrogens with one attached hydrogen (secondary N) is 2. The molecular formula is C24H26N4O2. The summed E-state index contributed by atoms with van der Waals surface area (Å²) < 4.78 is 5.35. The molecule has 154 valence electrons. The van der Waals surface area contributed by atoms with E-state index in [1.54, 1.807) is 13.2 Å². The van der Waals surface area contributed by atoms with Crippen molar-refractivity contribution in [1.29, 1.82) is 0 Å². The summed E-state index contributed by atoms with van der Waals surface area (Å²) in [6.07, 6.45) is 0. The van der Waals surface area contributed by atoms with E-state index in [9.17, 15) is 4.79 Å². The number of para-hydroxylation sites is 1. The Kier molecular flexibility index (Phi) is 6.25. The summed E-state index contributed by atoms with van der Waals surface area (Å²) in [6.45, 7) is 2.91. The first-order chi connectivity index (χ1) is 14.7. The minimum absolute atomic E-state index is 0.197. The zero-order valence-electron chi connectivity index (χ0n) is 17.0. The number of nitrogens with zero attached hydrogens (tertiary/aromatic N) is 2. The summed E-state index contributed by atoms with van der Waals surface area (Å²) in [5.74, 6) is 1.38. The van der Waals surface area contributed by atoms with Crippen molar-refractivity contribution in [3.8, 4) is 5.75 Å². The summed E-state index contributed by atoms with van der Waals surface area (Å²) >= 11 is 0. The standard InChI is InChI=1S/C24H26N4O2/c1-30-22-12-6-5-10-19(22)16-26-24(29)20-11-7-13-23(27-20)28-15-14-25-21(17-28)18-8-3-2-4-9-18/h2-13,21,25H,14-17H2,1H3,(H,26,29)/t21-/m0/s1. The Balaban J connectivity index is 1.43. The van der Waals surface area contributed by atoms with Gasteiger partial charge in [-0.3, -0.25) is 4.79 Å². The van der Waals surface area contributed by atoms with Gasteiger partial charge in [0.25, 0.3) is 5.91 Å². The number of anilines is 1. The van der Waals surface area contributed by atoms with Crippen LogP contribution >= 0.6 is 0 Å². The Morgan fingerprint density at radius 1 is 1.10 bits per heavy atom. The maximum Gasteiger partial charge on any atom is 0.270 e. The van der Waals surface area contributed by atoms with Gasteiger partial charge >= 0.3 is 0 Å². The first-order valence-electron chi connectivity index (χ1n) is 10.1. The molecule has 1 fully saturated rings. The van der Waals surface area contributed by atoms with Gasteiger partial charge in [0.1, 0.15) is 17.3 Å². The van der Waals surface area contributed by atoms with Gasteiger partial charge in [-0.1, -0.05) is 54.6 Å². The number of carbonyl (C=O) groups excluding carboxylic acids is 1. The van der Waals surface area contributed by atoms with Crippen LogP contribution in [0.1, 0.15) is 27.7 Å². The molecule has 3 aromatic rings. The molecule has 2 N–H and O–H groups in total. The van der Waals surface area contributed by atoms with Gasteiger partial charge in [0.15, 0.2) is 0 Å². The first-order valence-corrected chi connectivity index (χ1v) is 10.1. The van der Waals surface area contributed by atoms with Gasteiger partial charge in [-0.15, -0.1) is 0 Å². The molecule has 0 unspecified atom stereocenters. The number of methoxy groups -OCH3 is 1. The van der Waals surface area contributed by atoms with Crippen LogP contribution in [0.15, 0.2) is 72.8 Å². The molecule has 1 aliphatic rings. The van der Waals surface area contributed by atoms with E-state index in [0.717, 1.165) is 36.8 Å². The monoisotopic (exact) mass is 402 g/mol. The number of hydrogen-bond acceptors (Lipinski definition) is 5. The summed E-state index contributed by atoms with van der Waals surface area (Å²) in [4.78, 5) is 19.6. The summed E-state index contributed by atoms with van der Waals surface area (Å²) in [5.41, 5.74) is 2.60. The minimum atomic E-state index is -0.197. The topological polar surface area (TPSA) is 66.5 Å². The molecular weight excluding hydrogens is 376 g/mol. The van der Waals surface area contributed by atoms with Crippen molar-refractivity contribution in [3.63, 3.8) is 0 Å². The molecule has 0 radical (unpaired) electrons. The lowest BCUT2D eigenvalue weighted by molar-refractivity contribution is 0.0945. The molecule has 1 amide bonds. The molecule has 1 aliphatic heterocycles. The predicted molar refractivity (Wildman–Crippen MR) is 118 cm³/mol. The van der Waals surface area contributed by atoms with E-state index in [-0.39, 0.29) is 11.9 Å². The van der Waals surface area contributed by atoms with Crippen molar-refractivity contribution in [2.75, 3.05) is 31.6 Å². The normalized spacial score (nSPS) is 16.2. The quantitative estimate of drug-likeness (QED) is 0.663. The second-order valence-electron chi connectivity index (χ2n) is 7.24. The van der Waals surface area contributed by atoms with E-state index in [2.05, 4.69) is 44.8 Å². The van der Waals surface area contributed by atoms with Crippen LogP contribution in [-0.2, 0) is 6.54 Å². The Bertz CT molecular complexity index is 993. The third-order valence-electron chi connectivity index (χ3n) is 5.30. The fourth-order valence-corrected chi connectivity index (χ4v) is 3.71. The van der Waals surface area contributed by atoms with Crippen LogP contribution in [-0.4, -0.2) is 37.6 Å². The van der Waals surface area contributed by atoms with E-state index in [0.29, 0.717) is 12.2 Å². The highest BCUT2D eigenvalue weighted by Crippen LogP contribution is 2.21. The lowest BCUT2D eigenvalue weighted by Gasteiger charge is -2.35. The zero-order chi connectivity index (χ0) is 20.8. The highest BCUT2D eigenvalue weighted by Gasteiger charge is 2.22. The molecule has 1 aromatic heterocycles. The van der Waals surface area contributed by atoms with Gasteiger partial charge < -0.3 is 20.3 Å². The Morgan fingerprint density at radius 3 is 2.73 bits per heavy atom. The molecule has 0 spiro atoms. The number of aromatic nitrogens is 1. The molecule has 6 nitrogen and oxygen atoms in total. The maximum absolute atomic E-state index is 12.7. The molecule has 1 atom stereocenters. The number of carbonyl (C=O) groups is 1. The molecule has 0 aliphatic carbocycles. The summed E-state index contributed by atoms with van der Waals surface area (Å²) in [5, 5.41) is 6.50. The second kappa shape index (κ2) is 9.41. The predicted octanol–water partition coefficient (Wildman–Crippen LogP) is 3.17. The van der Waals surface area contributed by atoms with Crippen LogP contribution in [0.5, 0.6) is 5.75 Å². The molecule has 30 heavy (non-hydrogen) atoms. The molecule has 4 rings (SSSR count). The van der Waals surface area contributed by atoms with E-state index >= 15 is 0 Å². The molecule has 1 saturated heterocycles. The van der Waals surface area contributed by atoms with Crippen LogP contribution in [0.4, 0.5) is 5.82 Å². The van der Waals surface area contributed by atoms with Crippen molar-refractivity contribution in [2.45, 2.75) is 12.6 Å². The molecule has 0 bridgehead atoms. The van der Waals surface area contributed by atoms with Crippen LogP contribution in [0.3, 0.4) is 0 Å². The summed E-state index contributed by atoms with van der Waals surface area (Å²) in [7, 11) is 1.63. The van der Waals surface area contributed by atoms with Crippen LogP contribution in [0.25, 0.3) is 0 Å². The van der Waals surface area contributed by atoms with Gasteiger partial charge in [0, 0.05) is 37.8 Å². The highest BCUT2D eigenvalue weighted by atomic mass is 16.5. The van der Waals surface area contributed by atoms with Gasteiger partial charge in [0.05, 0.1) is 7.11 Å². The van der Waals surface area contributed by atoms with Crippen LogP contribution < -0.4 is 20.3 Å². The SMILES string of the molecule is COc1ccccc1CNC(=O)c1cccc(N2CCN[C@H](c3ccccc3)C2)n1. The highest BCUT2D eigenvalue weighted by molar-refractivity contribution is 5.92. The van der Waals surface area contributed by atoms with Gasteiger partial charge in [-0.05, 0) is 23.8 Å². The van der Waals surface area contributed by atoms with E-state index < -0.39 is 0 Å². The van der Waals surface area contributed by atoms with E-state index in [1.165, 1.54) is 5.56 Å². The van der Waals surface area contributed by atoms with Crippen molar-refractivity contribution >= 4 is 11.7 Å². The number of piperazine rings is 1. The number of amides is 1. The van der Waals surface area contributed by atoms with Gasteiger partial charge in [-0.2, -0.15) is 0 Å². The minimum Gasteiger partial charge on any atom is -0.496 e. The molecule has 2 heterocycles.